The van der Waals surface area contributed by atoms with Crippen molar-refractivity contribution in [1.82, 2.24) is 0 Å². The molecule has 0 aromatic heterocycles. The molecule has 1 aliphatic rings. The van der Waals surface area contributed by atoms with Crippen LogP contribution in [0.1, 0.15) is 33.1 Å². The molecule has 2 nitrogen and oxygen atoms in total. The summed E-state index contributed by atoms with van der Waals surface area (Å²) in [4.78, 5) is 0. The molecule has 2 atom stereocenters. The zero-order valence-corrected chi connectivity index (χ0v) is 7.76. The first-order chi connectivity index (χ1) is 5.54. The van der Waals surface area contributed by atoms with Crippen LogP contribution < -0.4 is 0 Å². The van der Waals surface area contributed by atoms with Crippen LogP contribution in [0.4, 0.5) is 0 Å². The van der Waals surface area contributed by atoms with E-state index in [1.807, 2.05) is 13.8 Å². The molecule has 12 heavy (non-hydrogen) atoms. The molecule has 1 heterocycles. The van der Waals surface area contributed by atoms with Gasteiger partial charge in [-0.1, -0.05) is 12.8 Å². The van der Waals surface area contributed by atoms with Crippen LogP contribution in [0.25, 0.3) is 0 Å². The van der Waals surface area contributed by atoms with Gasteiger partial charge < -0.3 is 9.84 Å². The Balaban J connectivity index is 2.70. The van der Waals surface area contributed by atoms with Crippen LogP contribution in [0, 0.1) is 12.3 Å². The summed E-state index contributed by atoms with van der Waals surface area (Å²) >= 11 is 0. The molecule has 68 valence electrons. The second-order valence-corrected chi connectivity index (χ2v) is 3.75. The summed E-state index contributed by atoms with van der Waals surface area (Å²) in [6.45, 7) is 4.60. The van der Waals surface area contributed by atoms with Gasteiger partial charge >= 0.3 is 0 Å². The summed E-state index contributed by atoms with van der Waals surface area (Å²) in [5.41, 5.74) is -1.18. The third-order valence-corrected chi connectivity index (χ3v) is 2.65. The van der Waals surface area contributed by atoms with Crippen LogP contribution >= 0.6 is 0 Å². The first kappa shape index (κ1) is 9.57. The Hall–Kier alpha value is -0.520. The minimum Gasteiger partial charge on any atom is -0.377 e. The van der Waals surface area contributed by atoms with E-state index < -0.39 is 5.60 Å². The van der Waals surface area contributed by atoms with Crippen LogP contribution in [-0.2, 0) is 4.74 Å². The van der Waals surface area contributed by atoms with Gasteiger partial charge in [-0.2, -0.15) is 0 Å². The number of rotatable bonds is 1. The first-order valence-electron chi connectivity index (χ1n) is 4.38. The molecule has 1 N–H and O–H groups in total. The molecule has 0 spiro atoms. The van der Waals surface area contributed by atoms with Crippen molar-refractivity contribution in [2.24, 2.45) is 0 Å². The normalized spacial score (nSPS) is 42.2. The fourth-order valence-corrected chi connectivity index (χ4v) is 1.57. The molecule has 0 bridgehead atoms. The number of hydrogen-bond donors (Lipinski definition) is 1. The van der Waals surface area contributed by atoms with Crippen LogP contribution in [0.3, 0.4) is 0 Å². The van der Waals surface area contributed by atoms with E-state index in [4.69, 9.17) is 11.2 Å². The first-order valence-corrected chi connectivity index (χ1v) is 4.38. The summed E-state index contributed by atoms with van der Waals surface area (Å²) in [5, 5.41) is 9.83. The van der Waals surface area contributed by atoms with Gasteiger partial charge in [-0.05, 0) is 13.3 Å². The lowest BCUT2D eigenvalue weighted by Gasteiger charge is -2.40. The molecule has 1 rings (SSSR count). The fourth-order valence-electron chi connectivity index (χ4n) is 1.57. The van der Waals surface area contributed by atoms with Crippen molar-refractivity contribution in [3.63, 3.8) is 0 Å². The highest BCUT2D eigenvalue weighted by Crippen LogP contribution is 2.33. The molecule has 1 aliphatic heterocycles. The molecule has 1 saturated heterocycles. The molecule has 0 aromatic carbocycles. The minimum atomic E-state index is -0.941. The van der Waals surface area contributed by atoms with Crippen LogP contribution in [0.15, 0.2) is 0 Å². The van der Waals surface area contributed by atoms with Gasteiger partial charge in [0.2, 0.25) is 0 Å². The predicted octanol–water partition coefficient (Wildman–Crippen LogP) is 1.33. The summed E-state index contributed by atoms with van der Waals surface area (Å²) < 4.78 is 5.56. The van der Waals surface area contributed by atoms with Crippen molar-refractivity contribution < 1.29 is 9.84 Å². The number of terminal acetylenes is 1. The van der Waals surface area contributed by atoms with Gasteiger partial charge in [0.15, 0.2) is 0 Å². The quantitative estimate of drug-likeness (QED) is 0.598. The summed E-state index contributed by atoms with van der Waals surface area (Å²) in [6.07, 6.45) is 7.25. The van der Waals surface area contributed by atoms with E-state index in [-0.39, 0.29) is 5.60 Å². The van der Waals surface area contributed by atoms with Crippen molar-refractivity contribution in [3.05, 3.63) is 0 Å². The molecule has 2 unspecified atom stereocenters. The van der Waals surface area contributed by atoms with E-state index in [1.54, 1.807) is 0 Å². The lowest BCUT2D eigenvalue weighted by Crippen LogP contribution is -2.46. The summed E-state index contributed by atoms with van der Waals surface area (Å²) in [7, 11) is 0. The Morgan fingerprint density at radius 2 is 2.33 bits per heavy atom. The lowest BCUT2D eigenvalue weighted by atomic mass is 9.82. The summed E-state index contributed by atoms with van der Waals surface area (Å²) in [5.74, 6) is 2.45. The van der Waals surface area contributed by atoms with Crippen molar-refractivity contribution >= 4 is 0 Å². The Morgan fingerprint density at radius 1 is 1.67 bits per heavy atom. The van der Waals surface area contributed by atoms with Crippen molar-refractivity contribution in [3.8, 4) is 12.3 Å². The van der Waals surface area contributed by atoms with Gasteiger partial charge in [-0.3, -0.25) is 0 Å². The molecule has 0 radical (unpaired) electrons. The molecule has 0 aromatic rings. The zero-order chi connectivity index (χ0) is 9.24. The predicted molar refractivity (Wildman–Crippen MR) is 47.7 cm³/mol. The maximum Gasteiger partial charge on any atom is 0.130 e. The fraction of sp³-hybridized carbons (Fsp3) is 0.800. The highest BCUT2D eigenvalue weighted by atomic mass is 16.5. The van der Waals surface area contributed by atoms with E-state index in [0.717, 1.165) is 6.42 Å². The van der Waals surface area contributed by atoms with E-state index in [1.165, 1.54) is 0 Å². The number of ether oxygens (including phenoxy) is 1. The second kappa shape index (κ2) is 3.08. The molecular weight excluding hydrogens is 152 g/mol. The Bertz CT molecular complexity index is 206. The Morgan fingerprint density at radius 3 is 2.83 bits per heavy atom. The van der Waals surface area contributed by atoms with Crippen molar-refractivity contribution in [2.45, 2.75) is 44.3 Å². The SMILES string of the molecule is C#CC1(O)CCOC(C)(CC)C1. The standard InChI is InChI=1S/C10H16O2/c1-4-9(3)8-10(11,5-2)6-7-12-9/h2,11H,4,6-8H2,1,3H3. The second-order valence-electron chi connectivity index (χ2n) is 3.75. The highest BCUT2D eigenvalue weighted by Gasteiger charge is 2.39. The van der Waals surface area contributed by atoms with E-state index >= 15 is 0 Å². The Kier molecular flexibility index (Phi) is 2.46. The van der Waals surface area contributed by atoms with Gasteiger partial charge in [0.1, 0.15) is 5.60 Å². The third kappa shape index (κ3) is 1.80. The van der Waals surface area contributed by atoms with Crippen LogP contribution in [0.2, 0.25) is 0 Å². The summed E-state index contributed by atoms with van der Waals surface area (Å²) in [6, 6.07) is 0. The van der Waals surface area contributed by atoms with E-state index in [9.17, 15) is 5.11 Å². The monoisotopic (exact) mass is 168 g/mol. The van der Waals surface area contributed by atoms with Crippen molar-refractivity contribution in [2.75, 3.05) is 6.61 Å². The molecule has 2 heteroatoms. The third-order valence-electron chi connectivity index (χ3n) is 2.65. The van der Waals surface area contributed by atoms with E-state index in [0.29, 0.717) is 19.4 Å². The smallest absolute Gasteiger partial charge is 0.130 e. The van der Waals surface area contributed by atoms with Gasteiger partial charge in [-0.15, -0.1) is 6.42 Å². The van der Waals surface area contributed by atoms with Gasteiger partial charge in [-0.25, -0.2) is 0 Å². The maximum atomic E-state index is 9.83. The maximum absolute atomic E-state index is 9.83. The number of hydrogen-bond acceptors (Lipinski definition) is 2. The van der Waals surface area contributed by atoms with Crippen LogP contribution in [-0.4, -0.2) is 22.9 Å². The topological polar surface area (TPSA) is 29.5 Å². The van der Waals surface area contributed by atoms with Gasteiger partial charge in [0.25, 0.3) is 0 Å². The Labute approximate surface area is 73.9 Å². The lowest BCUT2D eigenvalue weighted by molar-refractivity contribution is -0.131. The molecule has 0 saturated carbocycles. The molecule has 0 amide bonds. The number of aliphatic hydroxyl groups is 1. The zero-order valence-electron chi connectivity index (χ0n) is 7.76. The van der Waals surface area contributed by atoms with Gasteiger partial charge in [0, 0.05) is 12.8 Å². The minimum absolute atomic E-state index is 0.237. The molecular formula is C10H16O2. The van der Waals surface area contributed by atoms with Crippen LogP contribution in [0.5, 0.6) is 0 Å². The highest BCUT2D eigenvalue weighted by molar-refractivity contribution is 5.11. The molecule has 0 aliphatic carbocycles. The molecule has 1 fully saturated rings. The average Bonchev–Trinajstić information content (AvgIpc) is 2.05. The average molecular weight is 168 g/mol. The van der Waals surface area contributed by atoms with Gasteiger partial charge in [0.05, 0.1) is 12.2 Å². The van der Waals surface area contributed by atoms with Crippen molar-refractivity contribution in [1.29, 1.82) is 0 Å². The largest absolute Gasteiger partial charge is 0.377 e. The van der Waals surface area contributed by atoms with E-state index in [2.05, 4.69) is 5.92 Å².